The first-order valence-electron chi connectivity index (χ1n) is 10.6. The van der Waals surface area contributed by atoms with Gasteiger partial charge in [-0.2, -0.15) is 0 Å². The van der Waals surface area contributed by atoms with E-state index in [1.165, 1.54) is 24.8 Å². The van der Waals surface area contributed by atoms with Crippen LogP contribution in [0.4, 0.5) is 0 Å². The Balaban J connectivity index is 1.16. The Morgan fingerprint density at radius 1 is 1.00 bits per heavy atom. The fraction of sp³-hybridized carbons (Fsp3) is 0.500. The summed E-state index contributed by atoms with van der Waals surface area (Å²) < 4.78 is 11.5. The zero-order valence-electron chi connectivity index (χ0n) is 16.8. The molecule has 4 nitrogen and oxygen atoms in total. The second-order valence-electron chi connectivity index (χ2n) is 8.08. The minimum atomic E-state index is 0.107. The van der Waals surface area contributed by atoms with E-state index in [0.29, 0.717) is 24.6 Å². The number of hydrogen-bond donors (Lipinski definition) is 1. The molecule has 150 valence electrons. The third-order valence-electron chi connectivity index (χ3n) is 6.03. The number of methoxy groups -OCH3 is 1. The van der Waals surface area contributed by atoms with Crippen molar-refractivity contribution in [3.05, 3.63) is 66.2 Å². The molecule has 4 heteroatoms. The largest absolute Gasteiger partial charge is 0.491 e. The van der Waals surface area contributed by atoms with Crippen LogP contribution < -0.4 is 10.1 Å². The lowest BCUT2D eigenvalue weighted by molar-refractivity contribution is 0.0228. The van der Waals surface area contributed by atoms with Gasteiger partial charge in [0.1, 0.15) is 18.5 Å². The molecule has 0 spiro atoms. The monoisotopic (exact) mass is 380 g/mol. The minimum Gasteiger partial charge on any atom is -0.491 e. The van der Waals surface area contributed by atoms with Crippen LogP contribution in [0, 0.1) is 0 Å². The number of benzene rings is 2. The average molecular weight is 381 g/mol. The molecule has 1 aliphatic carbocycles. The lowest BCUT2D eigenvalue weighted by Crippen LogP contribution is -2.46. The Hall–Kier alpha value is -1.88. The lowest BCUT2D eigenvalue weighted by atomic mass is 10.0. The molecule has 2 aromatic carbocycles. The molecule has 3 unspecified atom stereocenters. The standard InChI is InChI=1S/C24H32N2O2/c1-27-22(18-28-21-10-6-3-7-11-21)17-26-14-12-20(13-15-26)25-24-16-23(24)19-8-4-2-5-9-19/h2-11,20,22-25H,12-18H2,1H3. The molecule has 1 heterocycles. The van der Waals surface area contributed by atoms with Gasteiger partial charge in [-0.25, -0.2) is 0 Å². The highest BCUT2D eigenvalue weighted by Crippen LogP contribution is 2.41. The quantitative estimate of drug-likeness (QED) is 0.719. The molecular weight excluding hydrogens is 348 g/mol. The SMILES string of the molecule is COC(COc1ccccc1)CN1CCC(NC2CC2c2ccccc2)CC1. The summed E-state index contributed by atoms with van der Waals surface area (Å²) in [4.78, 5) is 2.52. The van der Waals surface area contributed by atoms with Gasteiger partial charge >= 0.3 is 0 Å². The maximum atomic E-state index is 5.87. The molecule has 0 radical (unpaired) electrons. The van der Waals surface area contributed by atoms with Gasteiger partial charge in [-0.1, -0.05) is 48.5 Å². The molecule has 4 rings (SSSR count). The van der Waals surface area contributed by atoms with Crippen LogP contribution in [0.3, 0.4) is 0 Å². The normalized spacial score (nSPS) is 24.0. The lowest BCUT2D eigenvalue weighted by Gasteiger charge is -2.34. The van der Waals surface area contributed by atoms with Crippen LogP contribution in [0.15, 0.2) is 60.7 Å². The van der Waals surface area contributed by atoms with Gasteiger partial charge in [0, 0.05) is 31.7 Å². The fourth-order valence-corrected chi connectivity index (χ4v) is 4.22. The number of hydrogen-bond acceptors (Lipinski definition) is 4. The van der Waals surface area contributed by atoms with E-state index in [1.807, 2.05) is 30.3 Å². The van der Waals surface area contributed by atoms with Gasteiger partial charge in [-0.15, -0.1) is 0 Å². The first-order chi connectivity index (χ1) is 13.8. The van der Waals surface area contributed by atoms with Crippen LogP contribution in [0.25, 0.3) is 0 Å². The van der Waals surface area contributed by atoms with Crippen LogP contribution in [0.2, 0.25) is 0 Å². The summed E-state index contributed by atoms with van der Waals surface area (Å²) in [6.45, 7) is 3.79. The predicted molar refractivity (Wildman–Crippen MR) is 113 cm³/mol. The van der Waals surface area contributed by atoms with E-state index in [1.54, 1.807) is 7.11 Å². The van der Waals surface area contributed by atoms with E-state index in [4.69, 9.17) is 9.47 Å². The predicted octanol–water partition coefficient (Wildman–Crippen LogP) is 3.69. The fourth-order valence-electron chi connectivity index (χ4n) is 4.22. The van der Waals surface area contributed by atoms with Gasteiger partial charge in [0.05, 0.1) is 0 Å². The highest BCUT2D eigenvalue weighted by atomic mass is 16.5. The van der Waals surface area contributed by atoms with Gasteiger partial charge in [0.25, 0.3) is 0 Å². The Bertz CT molecular complexity index is 701. The zero-order valence-corrected chi connectivity index (χ0v) is 16.8. The van der Waals surface area contributed by atoms with Crippen molar-refractivity contribution in [2.75, 3.05) is 33.4 Å². The average Bonchev–Trinajstić information content (AvgIpc) is 3.53. The highest BCUT2D eigenvalue weighted by molar-refractivity contribution is 5.27. The number of para-hydroxylation sites is 1. The van der Waals surface area contributed by atoms with Crippen LogP contribution in [0.5, 0.6) is 5.75 Å². The molecule has 2 aliphatic rings. The van der Waals surface area contributed by atoms with Crippen LogP contribution >= 0.6 is 0 Å². The summed E-state index contributed by atoms with van der Waals surface area (Å²) >= 11 is 0. The second-order valence-corrected chi connectivity index (χ2v) is 8.08. The summed E-state index contributed by atoms with van der Waals surface area (Å²) in [7, 11) is 1.78. The Kier molecular flexibility index (Phi) is 6.63. The van der Waals surface area contributed by atoms with Crippen LogP contribution in [-0.4, -0.2) is 56.4 Å². The summed E-state index contributed by atoms with van der Waals surface area (Å²) in [6.07, 6.45) is 3.82. The van der Waals surface area contributed by atoms with Crippen molar-refractivity contribution in [1.29, 1.82) is 0 Å². The summed E-state index contributed by atoms with van der Waals surface area (Å²) in [6, 6.07) is 22.2. The van der Waals surface area contributed by atoms with E-state index in [9.17, 15) is 0 Å². The first-order valence-corrected chi connectivity index (χ1v) is 10.6. The summed E-state index contributed by atoms with van der Waals surface area (Å²) in [5.74, 6) is 1.62. The smallest absolute Gasteiger partial charge is 0.119 e. The van der Waals surface area contributed by atoms with Crippen molar-refractivity contribution in [3.8, 4) is 5.75 Å². The van der Waals surface area contributed by atoms with Gasteiger partial charge in [-0.05, 0) is 50.0 Å². The minimum absolute atomic E-state index is 0.107. The van der Waals surface area contributed by atoms with Crippen molar-refractivity contribution in [2.24, 2.45) is 0 Å². The van der Waals surface area contributed by atoms with Gasteiger partial charge < -0.3 is 19.7 Å². The highest BCUT2D eigenvalue weighted by Gasteiger charge is 2.39. The number of nitrogens with zero attached hydrogens (tertiary/aromatic N) is 1. The molecular formula is C24H32N2O2. The van der Waals surface area contributed by atoms with Crippen LogP contribution in [-0.2, 0) is 4.74 Å². The molecule has 2 aromatic rings. The number of likely N-dealkylation sites (tertiary alicyclic amines) is 1. The molecule has 0 amide bonds. The van der Waals surface area contributed by atoms with E-state index >= 15 is 0 Å². The first kappa shape index (κ1) is 19.4. The van der Waals surface area contributed by atoms with E-state index < -0.39 is 0 Å². The maximum absolute atomic E-state index is 5.87. The number of ether oxygens (including phenoxy) is 2. The Labute approximate surface area is 168 Å². The van der Waals surface area contributed by atoms with Crippen molar-refractivity contribution in [2.45, 2.75) is 43.4 Å². The van der Waals surface area contributed by atoms with E-state index in [0.717, 1.165) is 25.4 Å². The van der Waals surface area contributed by atoms with Crippen molar-refractivity contribution in [3.63, 3.8) is 0 Å². The van der Waals surface area contributed by atoms with E-state index in [-0.39, 0.29) is 6.10 Å². The van der Waals surface area contributed by atoms with Crippen molar-refractivity contribution in [1.82, 2.24) is 10.2 Å². The molecule has 28 heavy (non-hydrogen) atoms. The van der Waals surface area contributed by atoms with Crippen LogP contribution in [0.1, 0.15) is 30.7 Å². The Morgan fingerprint density at radius 2 is 1.68 bits per heavy atom. The third-order valence-corrected chi connectivity index (χ3v) is 6.03. The van der Waals surface area contributed by atoms with Gasteiger partial charge in [-0.3, -0.25) is 0 Å². The number of piperidine rings is 1. The zero-order chi connectivity index (χ0) is 19.2. The Morgan fingerprint density at radius 3 is 2.36 bits per heavy atom. The molecule has 0 bridgehead atoms. The second kappa shape index (κ2) is 9.55. The molecule has 2 fully saturated rings. The van der Waals surface area contributed by atoms with Crippen molar-refractivity contribution >= 4 is 0 Å². The molecule has 1 N–H and O–H groups in total. The topological polar surface area (TPSA) is 33.7 Å². The maximum Gasteiger partial charge on any atom is 0.119 e. The van der Waals surface area contributed by atoms with Gasteiger partial charge in [0.2, 0.25) is 0 Å². The molecule has 1 saturated carbocycles. The third kappa shape index (κ3) is 5.34. The van der Waals surface area contributed by atoms with E-state index in [2.05, 4.69) is 40.5 Å². The number of rotatable bonds is 9. The molecule has 1 aliphatic heterocycles. The molecule has 1 saturated heterocycles. The molecule has 0 aromatic heterocycles. The summed E-state index contributed by atoms with van der Waals surface area (Å²) in [5.41, 5.74) is 1.48. The molecule has 3 atom stereocenters. The van der Waals surface area contributed by atoms with Crippen molar-refractivity contribution < 1.29 is 9.47 Å². The number of nitrogens with one attached hydrogen (secondary N) is 1. The summed E-state index contributed by atoms with van der Waals surface area (Å²) in [5, 5.41) is 3.89. The van der Waals surface area contributed by atoms with Gasteiger partial charge in [0.15, 0.2) is 0 Å².